The summed E-state index contributed by atoms with van der Waals surface area (Å²) in [4.78, 5) is 26.9. The summed E-state index contributed by atoms with van der Waals surface area (Å²) >= 11 is 0. The van der Waals surface area contributed by atoms with E-state index in [9.17, 15) is 9.59 Å². The summed E-state index contributed by atoms with van der Waals surface area (Å²) in [5.41, 5.74) is 1.10. The molecule has 0 saturated heterocycles. The topological polar surface area (TPSA) is 93.6 Å². The Morgan fingerprint density at radius 3 is 2.72 bits per heavy atom. The fraction of sp³-hybridized carbons (Fsp3) is 0.222. The van der Waals surface area contributed by atoms with Gasteiger partial charge < -0.3 is 24.2 Å². The lowest BCUT2D eigenvalue weighted by Crippen LogP contribution is -2.27. The number of ether oxygens (including phenoxy) is 2. The predicted molar refractivity (Wildman–Crippen MR) is 90.3 cm³/mol. The fourth-order valence-corrected chi connectivity index (χ4v) is 2.78. The Labute approximate surface area is 142 Å². The molecular weight excluding hydrogens is 324 g/mol. The van der Waals surface area contributed by atoms with E-state index in [1.807, 2.05) is 12.1 Å². The minimum Gasteiger partial charge on any atom is -0.486 e. The van der Waals surface area contributed by atoms with E-state index in [1.165, 1.54) is 6.26 Å². The van der Waals surface area contributed by atoms with Crippen LogP contribution in [0.2, 0.25) is 0 Å². The van der Waals surface area contributed by atoms with Crippen molar-refractivity contribution >= 4 is 16.8 Å². The van der Waals surface area contributed by atoms with E-state index in [0.717, 1.165) is 5.39 Å². The lowest BCUT2D eigenvalue weighted by Gasteiger charge is -2.18. The number of pyridine rings is 1. The molecule has 2 N–H and O–H groups in total. The van der Waals surface area contributed by atoms with Crippen molar-refractivity contribution in [3.63, 3.8) is 0 Å². The molecule has 3 heterocycles. The maximum absolute atomic E-state index is 12.2. The second-order valence-electron chi connectivity index (χ2n) is 5.69. The first-order valence-corrected chi connectivity index (χ1v) is 7.98. The minimum atomic E-state index is -0.304. The monoisotopic (exact) mass is 340 g/mol. The Hall–Kier alpha value is -3.22. The van der Waals surface area contributed by atoms with Gasteiger partial charge in [0.15, 0.2) is 17.3 Å². The van der Waals surface area contributed by atoms with E-state index >= 15 is 0 Å². The van der Waals surface area contributed by atoms with Gasteiger partial charge in [-0.05, 0) is 30.7 Å². The van der Waals surface area contributed by atoms with E-state index in [-0.39, 0.29) is 17.2 Å². The van der Waals surface area contributed by atoms with E-state index in [0.29, 0.717) is 48.8 Å². The highest BCUT2D eigenvalue weighted by molar-refractivity contribution is 5.91. The highest BCUT2D eigenvalue weighted by Gasteiger charge is 2.14. The number of carbonyl (C=O) groups excluding carboxylic acids is 1. The number of rotatable bonds is 4. The third-order valence-electron chi connectivity index (χ3n) is 4.01. The fourth-order valence-electron chi connectivity index (χ4n) is 2.78. The number of benzene rings is 1. The number of H-pyrrole nitrogens is 1. The molecule has 1 aromatic carbocycles. The lowest BCUT2D eigenvalue weighted by atomic mass is 10.1. The molecule has 0 unspecified atom stereocenters. The van der Waals surface area contributed by atoms with Crippen molar-refractivity contribution in [3.8, 4) is 11.5 Å². The molecule has 128 valence electrons. The second-order valence-corrected chi connectivity index (χ2v) is 5.69. The van der Waals surface area contributed by atoms with Gasteiger partial charge in [-0.15, -0.1) is 0 Å². The zero-order chi connectivity index (χ0) is 17.2. The number of carbonyl (C=O) groups is 1. The van der Waals surface area contributed by atoms with Crippen LogP contribution in [0, 0.1) is 0 Å². The quantitative estimate of drug-likeness (QED) is 0.756. The van der Waals surface area contributed by atoms with Crippen molar-refractivity contribution in [2.75, 3.05) is 19.8 Å². The van der Waals surface area contributed by atoms with Crippen LogP contribution in [0.15, 0.2) is 45.8 Å². The average molecular weight is 340 g/mol. The first-order chi connectivity index (χ1) is 12.2. The maximum atomic E-state index is 12.2. The van der Waals surface area contributed by atoms with Gasteiger partial charge in [-0.2, -0.15) is 0 Å². The lowest BCUT2D eigenvalue weighted by molar-refractivity contribution is 0.0926. The maximum Gasteiger partial charge on any atom is 0.286 e. The van der Waals surface area contributed by atoms with Gasteiger partial charge in [0, 0.05) is 23.6 Å². The van der Waals surface area contributed by atoms with Gasteiger partial charge in [0.25, 0.3) is 11.5 Å². The SMILES string of the molecule is O=C(NCCc1cc2cc3c(cc2[nH]c1=O)OCCO3)c1ccco1. The molecule has 0 spiro atoms. The molecule has 25 heavy (non-hydrogen) atoms. The van der Waals surface area contributed by atoms with Crippen LogP contribution in [0.1, 0.15) is 16.1 Å². The van der Waals surface area contributed by atoms with Crippen LogP contribution in [0.3, 0.4) is 0 Å². The van der Waals surface area contributed by atoms with E-state index in [4.69, 9.17) is 13.9 Å². The molecule has 0 fully saturated rings. The summed E-state index contributed by atoms with van der Waals surface area (Å²) < 4.78 is 16.1. The molecule has 1 amide bonds. The number of aromatic amines is 1. The molecule has 0 bridgehead atoms. The van der Waals surface area contributed by atoms with Crippen LogP contribution in [0.4, 0.5) is 0 Å². The van der Waals surface area contributed by atoms with E-state index in [2.05, 4.69) is 10.3 Å². The summed E-state index contributed by atoms with van der Waals surface area (Å²) in [6.07, 6.45) is 1.85. The van der Waals surface area contributed by atoms with Crippen molar-refractivity contribution in [2.45, 2.75) is 6.42 Å². The summed E-state index contributed by atoms with van der Waals surface area (Å²) in [6, 6.07) is 8.67. The zero-order valence-corrected chi connectivity index (χ0v) is 13.3. The second kappa shape index (κ2) is 6.35. The van der Waals surface area contributed by atoms with Crippen molar-refractivity contribution in [2.24, 2.45) is 0 Å². The summed E-state index contributed by atoms with van der Waals surface area (Å²) in [7, 11) is 0. The highest BCUT2D eigenvalue weighted by Crippen LogP contribution is 2.33. The molecule has 0 aliphatic carbocycles. The van der Waals surface area contributed by atoms with Crippen molar-refractivity contribution in [1.82, 2.24) is 10.3 Å². The van der Waals surface area contributed by atoms with Gasteiger partial charge in [-0.25, -0.2) is 0 Å². The third-order valence-corrected chi connectivity index (χ3v) is 4.01. The van der Waals surface area contributed by atoms with Crippen molar-refractivity contribution < 1.29 is 18.7 Å². The zero-order valence-electron chi connectivity index (χ0n) is 13.3. The van der Waals surface area contributed by atoms with E-state index in [1.54, 1.807) is 18.2 Å². The Morgan fingerprint density at radius 2 is 1.96 bits per heavy atom. The Balaban J connectivity index is 1.52. The number of hydrogen-bond donors (Lipinski definition) is 2. The molecule has 0 saturated carbocycles. The molecule has 7 nitrogen and oxygen atoms in total. The Bertz CT molecular complexity index is 975. The van der Waals surface area contributed by atoms with Gasteiger partial charge in [0.2, 0.25) is 0 Å². The first kappa shape index (κ1) is 15.3. The summed E-state index contributed by atoms with van der Waals surface area (Å²) in [6.45, 7) is 1.34. The Morgan fingerprint density at radius 1 is 1.16 bits per heavy atom. The largest absolute Gasteiger partial charge is 0.486 e. The smallest absolute Gasteiger partial charge is 0.286 e. The summed E-state index contributed by atoms with van der Waals surface area (Å²) in [5, 5.41) is 3.59. The molecule has 0 atom stereocenters. The van der Waals surface area contributed by atoms with Crippen LogP contribution >= 0.6 is 0 Å². The minimum absolute atomic E-state index is 0.184. The standard InChI is InChI=1S/C18H16N2O5/c21-17-11(3-4-19-18(22)14-2-1-5-23-14)8-12-9-15-16(10-13(12)20-17)25-7-6-24-15/h1-2,5,8-10H,3-4,6-7H2,(H,19,22)(H,20,21). The molecule has 2 aromatic heterocycles. The van der Waals surface area contributed by atoms with Gasteiger partial charge in [0.05, 0.1) is 11.8 Å². The number of nitrogens with one attached hydrogen (secondary N) is 2. The van der Waals surface area contributed by atoms with Crippen LogP contribution in [-0.4, -0.2) is 30.6 Å². The van der Waals surface area contributed by atoms with Gasteiger partial charge >= 0.3 is 0 Å². The van der Waals surface area contributed by atoms with Crippen molar-refractivity contribution in [3.05, 3.63) is 58.3 Å². The number of fused-ring (bicyclic) bond motifs is 2. The van der Waals surface area contributed by atoms with Crippen LogP contribution in [0.25, 0.3) is 10.9 Å². The molecule has 4 rings (SSSR count). The molecule has 7 heteroatoms. The molecular formula is C18H16N2O5. The molecule has 1 aliphatic rings. The van der Waals surface area contributed by atoms with E-state index < -0.39 is 0 Å². The number of amides is 1. The molecule has 3 aromatic rings. The number of furan rings is 1. The first-order valence-electron chi connectivity index (χ1n) is 7.98. The molecule has 0 radical (unpaired) electrons. The number of aromatic nitrogens is 1. The van der Waals surface area contributed by atoms with Crippen LogP contribution in [-0.2, 0) is 6.42 Å². The average Bonchev–Trinajstić information content (AvgIpc) is 3.15. The summed E-state index contributed by atoms with van der Waals surface area (Å²) in [5.74, 6) is 1.24. The molecule has 1 aliphatic heterocycles. The van der Waals surface area contributed by atoms with Gasteiger partial charge in [-0.3, -0.25) is 9.59 Å². The van der Waals surface area contributed by atoms with Gasteiger partial charge in [-0.1, -0.05) is 0 Å². The van der Waals surface area contributed by atoms with Crippen molar-refractivity contribution in [1.29, 1.82) is 0 Å². The number of hydrogen-bond acceptors (Lipinski definition) is 5. The normalized spacial score (nSPS) is 13.0. The predicted octanol–water partition coefficient (Wildman–Crippen LogP) is 1.86. The van der Waals surface area contributed by atoms with Gasteiger partial charge in [0.1, 0.15) is 13.2 Å². The Kier molecular flexibility index (Phi) is 3.89. The third kappa shape index (κ3) is 3.08. The van der Waals surface area contributed by atoms with Crippen LogP contribution in [0.5, 0.6) is 11.5 Å². The van der Waals surface area contributed by atoms with Crippen LogP contribution < -0.4 is 20.3 Å². The highest BCUT2D eigenvalue weighted by atomic mass is 16.6.